The first kappa shape index (κ1) is 18.0. The molecule has 7 heteroatoms. The number of hydrogen-bond acceptors (Lipinski definition) is 2. The Balaban J connectivity index is 0.00000106. The molecular weight excluding hydrogens is 402 g/mol. The van der Waals surface area contributed by atoms with Crippen LogP contribution in [-0.4, -0.2) is 6.36 Å². The van der Waals surface area contributed by atoms with Crippen LogP contribution in [0.25, 0.3) is 0 Å². The van der Waals surface area contributed by atoms with E-state index < -0.39 is 6.36 Å². The quantitative estimate of drug-likeness (QED) is 0.530. The van der Waals surface area contributed by atoms with Crippen LogP contribution < -0.4 is 9.47 Å². The summed E-state index contributed by atoms with van der Waals surface area (Å²) in [4.78, 5) is 0. The first-order chi connectivity index (χ1) is 10.0. The Kier molecular flexibility index (Phi) is 7.75. The van der Waals surface area contributed by atoms with Gasteiger partial charge in [0.1, 0.15) is 11.5 Å². The Morgan fingerprint density at radius 1 is 0.952 bits per heavy atom. The van der Waals surface area contributed by atoms with E-state index in [0.717, 1.165) is 5.56 Å². The second-order valence-electron chi connectivity index (χ2n) is 3.72. The predicted molar refractivity (Wildman–Crippen MR) is 71.7 cm³/mol. The number of benzene rings is 2. The summed E-state index contributed by atoms with van der Waals surface area (Å²) in [6.45, 7) is 0.341. The average Bonchev–Trinajstić information content (AvgIpc) is 2.48. The van der Waals surface area contributed by atoms with Gasteiger partial charge in [-0.3, -0.25) is 0 Å². The van der Waals surface area contributed by atoms with Crippen LogP contribution in [0.5, 0.6) is 11.5 Å². The van der Waals surface area contributed by atoms with Gasteiger partial charge in [-0.05, 0) is 24.3 Å². The van der Waals surface area contributed by atoms with Crippen molar-refractivity contribution in [3.63, 3.8) is 0 Å². The third-order valence-corrected chi connectivity index (χ3v) is 2.25. The van der Waals surface area contributed by atoms with Gasteiger partial charge in [-0.25, -0.2) is 0 Å². The van der Waals surface area contributed by atoms with E-state index in [1.807, 2.05) is 12.1 Å². The van der Waals surface area contributed by atoms with Gasteiger partial charge in [-0.1, -0.05) is 0 Å². The third-order valence-electron chi connectivity index (χ3n) is 2.25. The van der Waals surface area contributed by atoms with Crippen molar-refractivity contribution in [3.05, 3.63) is 60.2 Å². The van der Waals surface area contributed by atoms with E-state index in [4.69, 9.17) is 4.74 Å². The molecule has 0 radical (unpaired) electrons. The van der Waals surface area contributed by atoms with Crippen LogP contribution in [0.3, 0.4) is 0 Å². The molecule has 0 atom stereocenters. The van der Waals surface area contributed by atoms with E-state index in [9.17, 15) is 13.2 Å². The van der Waals surface area contributed by atoms with E-state index in [1.165, 1.54) is 40.6 Å². The van der Waals surface area contributed by atoms with Crippen molar-refractivity contribution in [1.82, 2.24) is 0 Å². The van der Waals surface area contributed by atoms with Gasteiger partial charge in [-0.2, -0.15) is 30.3 Å². The first-order valence-electron chi connectivity index (χ1n) is 5.73. The summed E-state index contributed by atoms with van der Waals surface area (Å²) in [6, 6.07) is 15.4. The second kappa shape index (κ2) is 9.05. The van der Waals surface area contributed by atoms with Crippen LogP contribution in [-0.2, 0) is 22.9 Å². The summed E-state index contributed by atoms with van der Waals surface area (Å²) < 4.78 is 45.1. The molecule has 108 valence electrons. The Labute approximate surface area is 137 Å². The van der Waals surface area contributed by atoms with E-state index in [-0.39, 0.29) is 5.75 Å². The van der Waals surface area contributed by atoms with Gasteiger partial charge in [0.2, 0.25) is 0 Å². The number of hydrogen-bond donors (Lipinski definition) is 0. The molecular formula is C14H10BrF3O2Zn. The number of alkyl halides is 3. The van der Waals surface area contributed by atoms with Gasteiger partial charge in [0.05, 0.1) is 6.61 Å². The zero-order valence-electron chi connectivity index (χ0n) is 10.9. The van der Waals surface area contributed by atoms with Crippen molar-refractivity contribution in [2.45, 2.75) is 13.0 Å². The van der Waals surface area contributed by atoms with Gasteiger partial charge >= 0.3 is 36.3 Å². The zero-order valence-corrected chi connectivity index (χ0v) is 15.4. The molecule has 0 aromatic heterocycles. The summed E-state index contributed by atoms with van der Waals surface area (Å²) in [7, 11) is 0. The molecule has 0 saturated carbocycles. The molecule has 2 nitrogen and oxygen atoms in total. The Morgan fingerprint density at radius 3 is 2.00 bits per heavy atom. The Morgan fingerprint density at radius 2 is 1.48 bits per heavy atom. The molecule has 0 N–H and O–H groups in total. The molecule has 0 aliphatic carbocycles. The van der Waals surface area contributed by atoms with E-state index >= 15 is 0 Å². The third kappa shape index (κ3) is 7.48. The summed E-state index contributed by atoms with van der Waals surface area (Å²) in [5.41, 5.74) is 0.953. The molecule has 2 rings (SSSR count). The molecule has 0 amide bonds. The standard InChI is InChI=1S/C14H10F3O2.BrH.Zn/c15-14(16,17)19-13-8-6-12(7-9-13)18-10-11-4-2-1-3-5-11;;/h2-9H,10H2;1H;/q-1;;+2/p-1. The van der Waals surface area contributed by atoms with E-state index in [2.05, 4.69) is 24.4 Å². The van der Waals surface area contributed by atoms with Gasteiger partial charge in [-0.15, -0.1) is 18.7 Å². The van der Waals surface area contributed by atoms with Crippen molar-refractivity contribution in [3.8, 4) is 11.5 Å². The van der Waals surface area contributed by atoms with E-state index in [1.54, 1.807) is 12.1 Å². The summed E-state index contributed by atoms with van der Waals surface area (Å²) >= 11 is 4.25. The van der Waals surface area contributed by atoms with Gasteiger partial charge in [0.25, 0.3) is 0 Å². The maximum atomic E-state index is 12.0. The number of ether oxygens (including phenoxy) is 2. The van der Waals surface area contributed by atoms with Crippen LogP contribution in [0.15, 0.2) is 48.5 Å². The molecule has 0 bridgehead atoms. The molecule has 0 aliphatic rings. The van der Waals surface area contributed by atoms with Crippen LogP contribution in [0, 0.1) is 6.07 Å². The minimum absolute atomic E-state index is 0.269. The van der Waals surface area contributed by atoms with Crippen molar-refractivity contribution in [1.29, 1.82) is 0 Å². The fourth-order valence-corrected chi connectivity index (χ4v) is 1.42. The predicted octanol–water partition coefficient (Wildman–Crippen LogP) is 4.81. The Bertz CT molecular complexity index is 518. The Hall–Kier alpha value is -1.07. The maximum absolute atomic E-state index is 12.0. The molecule has 0 fully saturated rings. The molecule has 2 aromatic rings. The fraction of sp³-hybridized carbons (Fsp3) is 0.143. The van der Waals surface area contributed by atoms with Gasteiger partial charge in [0.15, 0.2) is 0 Å². The average molecular weight is 413 g/mol. The van der Waals surface area contributed by atoms with Crippen molar-refractivity contribution >= 4 is 13.6 Å². The molecule has 0 heterocycles. The molecule has 0 aliphatic heterocycles. The summed E-state index contributed by atoms with van der Waals surface area (Å²) in [5, 5.41) is 0. The normalized spacial score (nSPS) is 10.4. The summed E-state index contributed by atoms with van der Waals surface area (Å²) in [5.74, 6) is 0.205. The second-order valence-corrected chi connectivity index (χ2v) is 3.72. The monoisotopic (exact) mass is 410 g/mol. The minimum atomic E-state index is -4.68. The summed E-state index contributed by atoms with van der Waals surface area (Å²) in [6.07, 6.45) is -4.68. The molecule has 0 saturated heterocycles. The zero-order chi connectivity index (χ0) is 15.7. The fourth-order valence-electron chi connectivity index (χ4n) is 1.42. The first-order valence-corrected chi connectivity index (χ1v) is 12.7. The van der Waals surface area contributed by atoms with Gasteiger partial charge < -0.3 is 9.47 Å². The van der Waals surface area contributed by atoms with Crippen LogP contribution in [0.1, 0.15) is 5.56 Å². The SMILES string of the molecule is FC(F)(F)Oc1ccc(OCc2cc[c-]cc2)cc1.[Zn+][Br]. The van der Waals surface area contributed by atoms with Crippen molar-refractivity contribution in [2.75, 3.05) is 0 Å². The van der Waals surface area contributed by atoms with Crippen molar-refractivity contribution in [2.24, 2.45) is 0 Å². The topological polar surface area (TPSA) is 18.5 Å². The van der Waals surface area contributed by atoms with Crippen LogP contribution in [0.4, 0.5) is 13.2 Å². The van der Waals surface area contributed by atoms with Gasteiger partial charge in [0, 0.05) is 0 Å². The van der Waals surface area contributed by atoms with Crippen molar-refractivity contribution < 1.29 is 39.0 Å². The molecule has 0 spiro atoms. The number of halogens is 4. The van der Waals surface area contributed by atoms with Crippen LogP contribution >= 0.6 is 13.6 Å². The number of rotatable bonds is 4. The molecule has 21 heavy (non-hydrogen) atoms. The molecule has 0 unspecified atom stereocenters. The van der Waals surface area contributed by atoms with E-state index in [0.29, 0.717) is 12.4 Å². The molecule has 2 aromatic carbocycles. The van der Waals surface area contributed by atoms with Crippen LogP contribution in [0.2, 0.25) is 0 Å².